The second kappa shape index (κ2) is 5.53. The Morgan fingerprint density at radius 3 is 2.60 bits per heavy atom. The van der Waals surface area contributed by atoms with Gasteiger partial charge in [-0.15, -0.1) is 11.3 Å². The number of fused-ring (bicyclic) bond motifs is 1. The molecular weight excluding hydrogens is 270 g/mol. The number of ether oxygens (including phenoxy) is 1. The smallest absolute Gasteiger partial charge is 0.120 e. The van der Waals surface area contributed by atoms with E-state index in [0.29, 0.717) is 13.2 Å². The van der Waals surface area contributed by atoms with Gasteiger partial charge < -0.3 is 15.6 Å². The van der Waals surface area contributed by atoms with Gasteiger partial charge in [-0.25, -0.2) is 0 Å². The first-order chi connectivity index (χ1) is 9.78. The van der Waals surface area contributed by atoms with Gasteiger partial charge in [0.1, 0.15) is 18.1 Å². The van der Waals surface area contributed by atoms with Crippen molar-refractivity contribution in [1.29, 1.82) is 0 Å². The lowest BCUT2D eigenvalue weighted by atomic mass is 10.1. The third-order valence-corrected chi connectivity index (χ3v) is 4.21. The number of thiophene rings is 1. The van der Waals surface area contributed by atoms with Gasteiger partial charge in [-0.1, -0.05) is 12.1 Å². The van der Waals surface area contributed by atoms with Crippen LogP contribution in [0.5, 0.6) is 11.5 Å². The molecule has 0 unspecified atom stereocenters. The monoisotopic (exact) mass is 285 g/mol. The quantitative estimate of drug-likeness (QED) is 0.769. The molecule has 2 aromatic carbocycles. The molecule has 0 atom stereocenters. The highest BCUT2D eigenvalue weighted by atomic mass is 32.1. The van der Waals surface area contributed by atoms with E-state index < -0.39 is 0 Å². The van der Waals surface area contributed by atoms with E-state index in [1.54, 1.807) is 35.6 Å². The molecule has 3 rings (SSSR count). The van der Waals surface area contributed by atoms with Gasteiger partial charge in [0.2, 0.25) is 0 Å². The van der Waals surface area contributed by atoms with E-state index in [1.807, 2.05) is 6.07 Å². The first-order valence-corrected chi connectivity index (χ1v) is 7.26. The second-order valence-electron chi connectivity index (χ2n) is 4.54. The Morgan fingerprint density at radius 2 is 1.85 bits per heavy atom. The number of phenolic OH excluding ortho intramolecular Hbond substituents is 1. The topological polar surface area (TPSA) is 55.5 Å². The van der Waals surface area contributed by atoms with Crippen molar-refractivity contribution in [3.8, 4) is 11.5 Å². The molecule has 0 spiro atoms. The molecule has 0 radical (unpaired) electrons. The highest BCUT2D eigenvalue weighted by molar-refractivity contribution is 7.17. The van der Waals surface area contributed by atoms with Gasteiger partial charge in [-0.05, 0) is 41.3 Å². The first kappa shape index (κ1) is 13.0. The second-order valence-corrected chi connectivity index (χ2v) is 5.45. The minimum absolute atomic E-state index is 0.240. The number of nitrogens with two attached hydrogens (primary N) is 1. The third-order valence-electron chi connectivity index (χ3n) is 3.21. The molecule has 3 aromatic rings. The summed E-state index contributed by atoms with van der Waals surface area (Å²) in [5.41, 5.74) is 8.10. The summed E-state index contributed by atoms with van der Waals surface area (Å²) in [7, 11) is 0. The molecule has 0 aliphatic heterocycles. The lowest BCUT2D eigenvalue weighted by molar-refractivity contribution is 0.307. The molecule has 0 aliphatic carbocycles. The summed E-state index contributed by atoms with van der Waals surface area (Å²) < 4.78 is 7.00. The van der Waals surface area contributed by atoms with E-state index in [4.69, 9.17) is 10.5 Å². The van der Waals surface area contributed by atoms with Crippen LogP contribution in [0, 0.1) is 0 Å². The van der Waals surface area contributed by atoms with E-state index in [1.165, 1.54) is 10.1 Å². The third kappa shape index (κ3) is 2.48. The predicted octanol–water partition coefficient (Wildman–Crippen LogP) is 3.64. The van der Waals surface area contributed by atoms with Crippen molar-refractivity contribution in [1.82, 2.24) is 0 Å². The Bertz CT molecular complexity index is 719. The van der Waals surface area contributed by atoms with Crippen LogP contribution in [0.3, 0.4) is 0 Å². The minimum Gasteiger partial charge on any atom is -0.508 e. The van der Waals surface area contributed by atoms with Crippen LogP contribution in [-0.4, -0.2) is 5.11 Å². The molecule has 1 heterocycles. The summed E-state index contributed by atoms with van der Waals surface area (Å²) in [6, 6.07) is 12.9. The van der Waals surface area contributed by atoms with Gasteiger partial charge in [-0.3, -0.25) is 0 Å². The van der Waals surface area contributed by atoms with Crippen LogP contribution in [0.4, 0.5) is 0 Å². The summed E-state index contributed by atoms with van der Waals surface area (Å²) in [5.74, 6) is 0.983. The van der Waals surface area contributed by atoms with Gasteiger partial charge in [0.05, 0.1) is 0 Å². The van der Waals surface area contributed by atoms with E-state index in [0.717, 1.165) is 16.9 Å². The molecule has 102 valence electrons. The minimum atomic E-state index is 0.240. The molecule has 3 nitrogen and oxygen atoms in total. The highest BCUT2D eigenvalue weighted by Crippen LogP contribution is 2.30. The fraction of sp³-hybridized carbons (Fsp3) is 0.125. The van der Waals surface area contributed by atoms with Crippen molar-refractivity contribution in [2.45, 2.75) is 13.2 Å². The molecule has 1 aromatic heterocycles. The average molecular weight is 285 g/mol. The van der Waals surface area contributed by atoms with Gasteiger partial charge in [-0.2, -0.15) is 0 Å². The zero-order valence-corrected chi connectivity index (χ0v) is 11.7. The van der Waals surface area contributed by atoms with Crippen molar-refractivity contribution < 1.29 is 9.84 Å². The standard InChI is InChI=1S/C16H15NO2S/c17-8-11-2-1-3-15-16(11)12(10-20-15)9-19-14-6-4-13(18)5-7-14/h1-7,10,18H,8-9,17H2. The summed E-state index contributed by atoms with van der Waals surface area (Å²) in [4.78, 5) is 0. The van der Waals surface area contributed by atoms with Crippen LogP contribution >= 0.6 is 11.3 Å². The van der Waals surface area contributed by atoms with Crippen LogP contribution in [0.1, 0.15) is 11.1 Å². The lowest BCUT2D eigenvalue weighted by Crippen LogP contribution is -1.99. The fourth-order valence-electron chi connectivity index (χ4n) is 2.21. The molecule has 0 fully saturated rings. The van der Waals surface area contributed by atoms with Crippen molar-refractivity contribution >= 4 is 21.4 Å². The van der Waals surface area contributed by atoms with Crippen molar-refractivity contribution in [2.24, 2.45) is 5.73 Å². The Labute approximate surface area is 121 Å². The molecule has 0 aliphatic rings. The highest BCUT2D eigenvalue weighted by Gasteiger charge is 2.08. The summed E-state index contributed by atoms with van der Waals surface area (Å²) in [6.45, 7) is 1.03. The maximum atomic E-state index is 9.25. The van der Waals surface area contributed by atoms with Crippen LogP contribution in [-0.2, 0) is 13.2 Å². The molecular formula is C16H15NO2S. The van der Waals surface area contributed by atoms with Gasteiger partial charge in [0.25, 0.3) is 0 Å². The van der Waals surface area contributed by atoms with E-state index in [2.05, 4.69) is 17.5 Å². The van der Waals surface area contributed by atoms with Crippen molar-refractivity contribution in [3.63, 3.8) is 0 Å². The Balaban J connectivity index is 1.86. The zero-order chi connectivity index (χ0) is 13.9. The molecule has 20 heavy (non-hydrogen) atoms. The zero-order valence-electron chi connectivity index (χ0n) is 10.9. The molecule has 0 saturated carbocycles. The van der Waals surface area contributed by atoms with Crippen LogP contribution < -0.4 is 10.5 Å². The van der Waals surface area contributed by atoms with E-state index in [-0.39, 0.29) is 5.75 Å². The lowest BCUT2D eigenvalue weighted by Gasteiger charge is -2.07. The van der Waals surface area contributed by atoms with E-state index >= 15 is 0 Å². The van der Waals surface area contributed by atoms with Crippen LogP contribution in [0.15, 0.2) is 47.8 Å². The predicted molar refractivity (Wildman–Crippen MR) is 82.2 cm³/mol. The van der Waals surface area contributed by atoms with Crippen LogP contribution in [0.2, 0.25) is 0 Å². The van der Waals surface area contributed by atoms with Gasteiger partial charge in [0, 0.05) is 22.2 Å². The molecule has 0 saturated heterocycles. The average Bonchev–Trinajstić information content (AvgIpc) is 2.90. The number of rotatable bonds is 4. The number of phenols is 1. The molecule has 0 bridgehead atoms. The Morgan fingerprint density at radius 1 is 1.05 bits per heavy atom. The normalized spacial score (nSPS) is 10.8. The summed E-state index contributed by atoms with van der Waals surface area (Å²) >= 11 is 1.71. The number of hydrogen-bond acceptors (Lipinski definition) is 4. The maximum Gasteiger partial charge on any atom is 0.120 e. The molecule has 4 heteroatoms. The van der Waals surface area contributed by atoms with Crippen LogP contribution in [0.25, 0.3) is 10.1 Å². The number of hydrogen-bond donors (Lipinski definition) is 2. The van der Waals surface area contributed by atoms with Gasteiger partial charge in [0.15, 0.2) is 0 Å². The number of aromatic hydroxyl groups is 1. The Hall–Kier alpha value is -2.04. The fourth-order valence-corrected chi connectivity index (χ4v) is 3.20. The molecule has 0 amide bonds. The summed E-state index contributed by atoms with van der Waals surface area (Å²) in [5, 5.41) is 12.6. The van der Waals surface area contributed by atoms with Gasteiger partial charge >= 0.3 is 0 Å². The van der Waals surface area contributed by atoms with E-state index in [9.17, 15) is 5.11 Å². The van der Waals surface area contributed by atoms with Crippen molar-refractivity contribution in [3.05, 3.63) is 59.0 Å². The Kier molecular flexibility index (Phi) is 3.58. The van der Waals surface area contributed by atoms with Crippen molar-refractivity contribution in [2.75, 3.05) is 0 Å². The number of benzene rings is 2. The SMILES string of the molecule is NCc1cccc2scc(COc3ccc(O)cc3)c12. The first-order valence-electron chi connectivity index (χ1n) is 6.38. The maximum absolute atomic E-state index is 9.25. The summed E-state index contributed by atoms with van der Waals surface area (Å²) in [6.07, 6.45) is 0. The molecule has 3 N–H and O–H groups in total. The largest absolute Gasteiger partial charge is 0.508 e.